The first-order valence-electron chi connectivity index (χ1n) is 11.8. The minimum atomic E-state index is -0.513. The van der Waals surface area contributed by atoms with Crippen molar-refractivity contribution in [3.8, 4) is 5.75 Å². The van der Waals surface area contributed by atoms with Gasteiger partial charge in [-0.1, -0.05) is 18.7 Å². The molecule has 8 heteroatoms. The number of ether oxygens (including phenoxy) is 1. The zero-order valence-corrected chi connectivity index (χ0v) is 19.9. The smallest absolute Gasteiger partial charge is 0.311 e. The minimum Gasteiger partial charge on any atom is -0.485 e. The number of rotatable bonds is 8. The number of carbonyl (C=O) groups is 1. The fourth-order valence-corrected chi connectivity index (χ4v) is 4.73. The van der Waals surface area contributed by atoms with Crippen molar-refractivity contribution < 1.29 is 14.5 Å². The topological polar surface area (TPSA) is 97.6 Å². The highest BCUT2D eigenvalue weighted by Gasteiger charge is 2.47. The Morgan fingerprint density at radius 3 is 2.80 bits per heavy atom. The fourth-order valence-electron chi connectivity index (χ4n) is 4.73. The Labute approximate surface area is 203 Å². The first-order valence-corrected chi connectivity index (χ1v) is 11.8. The average molecular weight is 473 g/mol. The Kier molecular flexibility index (Phi) is 5.76. The van der Waals surface area contributed by atoms with Crippen molar-refractivity contribution in [3.63, 3.8) is 0 Å². The number of likely N-dealkylation sites (N-methyl/N-ethyl adjacent to an activating group) is 1. The number of hydrogen-bond donors (Lipinski definition) is 1. The number of pyridine rings is 1. The normalized spacial score (nSPS) is 18.5. The lowest BCUT2D eigenvalue weighted by Crippen LogP contribution is -2.48. The van der Waals surface area contributed by atoms with E-state index in [1.165, 1.54) is 12.1 Å². The van der Waals surface area contributed by atoms with Crippen molar-refractivity contribution >= 4 is 28.6 Å². The van der Waals surface area contributed by atoms with E-state index >= 15 is 0 Å². The van der Waals surface area contributed by atoms with Gasteiger partial charge in [-0.25, -0.2) is 0 Å². The van der Waals surface area contributed by atoms with Crippen LogP contribution in [-0.4, -0.2) is 47.0 Å². The van der Waals surface area contributed by atoms with Crippen LogP contribution in [0.15, 0.2) is 49.2 Å². The van der Waals surface area contributed by atoms with Crippen LogP contribution in [0, 0.1) is 17.0 Å². The van der Waals surface area contributed by atoms with Gasteiger partial charge < -0.3 is 10.1 Å². The second kappa shape index (κ2) is 8.78. The number of nitrogens with one attached hydrogen (secondary N) is 1. The van der Waals surface area contributed by atoms with E-state index in [1.807, 2.05) is 25.2 Å². The van der Waals surface area contributed by atoms with E-state index < -0.39 is 10.5 Å². The van der Waals surface area contributed by atoms with E-state index in [9.17, 15) is 14.9 Å². The molecule has 0 bridgehead atoms. The highest BCUT2D eigenvalue weighted by Crippen LogP contribution is 2.48. The molecule has 5 rings (SSSR count). The van der Waals surface area contributed by atoms with Crippen molar-refractivity contribution in [2.75, 3.05) is 20.2 Å². The van der Waals surface area contributed by atoms with Gasteiger partial charge in [-0.3, -0.25) is 24.8 Å². The third kappa shape index (κ3) is 4.25. The molecule has 1 saturated carbocycles. The predicted molar refractivity (Wildman–Crippen MR) is 135 cm³/mol. The van der Waals surface area contributed by atoms with Crippen molar-refractivity contribution in [1.29, 1.82) is 0 Å². The number of carbonyl (C=O) groups excluding carboxylic acids is 1. The van der Waals surface area contributed by atoms with Gasteiger partial charge in [0.25, 0.3) is 5.91 Å². The Morgan fingerprint density at radius 1 is 1.37 bits per heavy atom. The third-order valence-electron chi connectivity index (χ3n) is 7.21. The van der Waals surface area contributed by atoms with Crippen molar-refractivity contribution in [3.05, 3.63) is 81.5 Å². The molecule has 0 spiro atoms. The SMILES string of the molecule is C=Cc1cc(C2(NC(=O)c3cc(OCC4CCN4C)c([N+](=O)[O-])cc3C)CC2)c2cccnc2c1. The molecule has 1 aliphatic heterocycles. The van der Waals surface area contributed by atoms with E-state index in [0.29, 0.717) is 17.7 Å². The molecule has 1 saturated heterocycles. The number of nitro benzene ring substituents is 1. The summed E-state index contributed by atoms with van der Waals surface area (Å²) in [6.45, 7) is 6.93. The van der Waals surface area contributed by atoms with Crippen LogP contribution in [0.2, 0.25) is 0 Å². The first-order chi connectivity index (χ1) is 16.8. The summed E-state index contributed by atoms with van der Waals surface area (Å²) >= 11 is 0. The van der Waals surface area contributed by atoms with Gasteiger partial charge in [-0.05, 0) is 74.7 Å². The Morgan fingerprint density at radius 2 is 2.17 bits per heavy atom. The lowest BCUT2D eigenvalue weighted by atomic mass is 9.95. The van der Waals surface area contributed by atoms with Crippen LogP contribution in [0.4, 0.5) is 5.69 Å². The van der Waals surface area contributed by atoms with Gasteiger partial charge in [-0.2, -0.15) is 0 Å². The molecule has 2 aromatic carbocycles. The summed E-state index contributed by atoms with van der Waals surface area (Å²) in [5, 5.41) is 15.9. The molecule has 1 aromatic heterocycles. The lowest BCUT2D eigenvalue weighted by Gasteiger charge is -2.37. The van der Waals surface area contributed by atoms with E-state index in [-0.39, 0.29) is 23.4 Å². The number of benzene rings is 2. The predicted octanol–water partition coefficient (Wildman–Crippen LogP) is 4.60. The third-order valence-corrected chi connectivity index (χ3v) is 7.21. The minimum absolute atomic E-state index is 0.124. The first kappa shape index (κ1) is 23.0. The summed E-state index contributed by atoms with van der Waals surface area (Å²) in [7, 11) is 2.00. The standard InChI is InChI=1S/C27H28N4O4/c1-4-18-13-22(20-6-5-10-28-23(20)14-18)27(8-9-27)29-26(32)21-15-25(24(31(33)34)12-17(21)2)35-16-19-7-11-30(19)3/h4-6,10,12-15,19H,1,7-9,11,16H2,2-3H3,(H,29,32). The fraction of sp³-hybridized carbons (Fsp3) is 0.333. The number of nitro groups is 1. The van der Waals surface area contributed by atoms with Gasteiger partial charge in [-0.15, -0.1) is 0 Å². The van der Waals surface area contributed by atoms with Crippen LogP contribution < -0.4 is 10.1 Å². The van der Waals surface area contributed by atoms with Crippen LogP contribution in [0.3, 0.4) is 0 Å². The lowest BCUT2D eigenvalue weighted by molar-refractivity contribution is -0.386. The van der Waals surface area contributed by atoms with Crippen LogP contribution >= 0.6 is 0 Å². The van der Waals surface area contributed by atoms with Gasteiger partial charge in [0.2, 0.25) is 0 Å². The van der Waals surface area contributed by atoms with Crippen LogP contribution in [0.5, 0.6) is 5.75 Å². The number of likely N-dealkylation sites (tertiary alicyclic amines) is 1. The quantitative estimate of drug-likeness (QED) is 0.380. The largest absolute Gasteiger partial charge is 0.485 e. The zero-order chi connectivity index (χ0) is 24.7. The average Bonchev–Trinajstić information content (AvgIpc) is 3.62. The van der Waals surface area contributed by atoms with E-state index in [0.717, 1.165) is 47.8 Å². The highest BCUT2D eigenvalue weighted by molar-refractivity contribution is 5.98. The molecule has 1 atom stereocenters. The molecule has 2 heterocycles. The number of aromatic nitrogens is 1. The molecule has 1 aliphatic carbocycles. The summed E-state index contributed by atoms with van der Waals surface area (Å²) in [6.07, 6.45) is 6.11. The van der Waals surface area contributed by atoms with Gasteiger partial charge in [0, 0.05) is 35.3 Å². The second-order valence-corrected chi connectivity index (χ2v) is 9.50. The molecule has 180 valence electrons. The van der Waals surface area contributed by atoms with Crippen LogP contribution in [-0.2, 0) is 5.54 Å². The van der Waals surface area contributed by atoms with E-state index in [4.69, 9.17) is 4.74 Å². The van der Waals surface area contributed by atoms with Gasteiger partial charge in [0.1, 0.15) is 6.61 Å². The second-order valence-electron chi connectivity index (χ2n) is 9.50. The Bertz CT molecular complexity index is 1350. The summed E-state index contributed by atoms with van der Waals surface area (Å²) < 4.78 is 5.85. The molecule has 35 heavy (non-hydrogen) atoms. The molecule has 2 fully saturated rings. The molecule has 1 N–H and O–H groups in total. The highest BCUT2D eigenvalue weighted by atomic mass is 16.6. The number of aryl methyl sites for hydroxylation is 1. The Hall–Kier alpha value is -3.78. The molecule has 3 aromatic rings. The molecular formula is C27H28N4O4. The summed E-state index contributed by atoms with van der Waals surface area (Å²) in [4.78, 5) is 31.3. The summed E-state index contributed by atoms with van der Waals surface area (Å²) in [6, 6.07) is 11.1. The number of nitrogens with zero attached hydrogens (tertiary/aromatic N) is 3. The number of amides is 1. The zero-order valence-electron chi connectivity index (χ0n) is 19.9. The molecule has 8 nitrogen and oxygen atoms in total. The monoisotopic (exact) mass is 472 g/mol. The van der Waals surface area contributed by atoms with E-state index in [1.54, 1.807) is 19.2 Å². The maximum absolute atomic E-state index is 13.5. The summed E-state index contributed by atoms with van der Waals surface area (Å²) in [5.41, 5.74) is 3.07. The molecule has 0 radical (unpaired) electrons. The van der Waals surface area contributed by atoms with Gasteiger partial charge >= 0.3 is 5.69 Å². The Balaban J connectivity index is 1.46. The molecule has 2 aliphatic rings. The molecule has 1 amide bonds. The van der Waals surface area contributed by atoms with Crippen molar-refractivity contribution in [2.45, 2.75) is 37.8 Å². The van der Waals surface area contributed by atoms with Crippen LogP contribution in [0.1, 0.15) is 46.3 Å². The summed E-state index contributed by atoms with van der Waals surface area (Å²) in [5.74, 6) is -0.152. The van der Waals surface area contributed by atoms with Gasteiger partial charge in [0.05, 0.1) is 16.0 Å². The molecular weight excluding hydrogens is 444 g/mol. The van der Waals surface area contributed by atoms with Crippen molar-refractivity contribution in [2.24, 2.45) is 0 Å². The van der Waals surface area contributed by atoms with Crippen molar-refractivity contribution in [1.82, 2.24) is 15.2 Å². The number of fused-ring (bicyclic) bond motifs is 1. The maximum Gasteiger partial charge on any atom is 0.311 e. The maximum atomic E-state index is 13.5. The van der Waals surface area contributed by atoms with Crippen LogP contribution in [0.25, 0.3) is 17.0 Å². The molecule has 1 unspecified atom stereocenters. The van der Waals surface area contributed by atoms with Gasteiger partial charge in [0.15, 0.2) is 5.75 Å². The number of hydrogen-bond acceptors (Lipinski definition) is 6. The van der Waals surface area contributed by atoms with E-state index in [2.05, 4.69) is 27.8 Å².